The number of benzene rings is 1. The Morgan fingerprint density at radius 3 is 2.00 bits per heavy atom. The van der Waals surface area contributed by atoms with E-state index in [1.807, 2.05) is 18.2 Å². The third-order valence-electron chi connectivity index (χ3n) is 1.27. The SMILES string of the molecule is C=C([SiH3])c1ccccc1.O. The summed E-state index contributed by atoms with van der Waals surface area (Å²) in [5, 5.41) is 1.26. The van der Waals surface area contributed by atoms with Crippen LogP contribution in [0.5, 0.6) is 0 Å². The van der Waals surface area contributed by atoms with Crippen molar-refractivity contribution in [2.45, 2.75) is 0 Å². The van der Waals surface area contributed by atoms with E-state index in [9.17, 15) is 0 Å². The first-order chi connectivity index (χ1) is 4.30. The summed E-state index contributed by atoms with van der Waals surface area (Å²) in [5.41, 5.74) is 1.28. The molecule has 10 heavy (non-hydrogen) atoms. The molecular formula is C8H12OSi. The lowest BCUT2D eigenvalue weighted by atomic mass is 10.2. The zero-order valence-electron chi connectivity index (χ0n) is 6.09. The average molecular weight is 152 g/mol. The molecular weight excluding hydrogens is 140 g/mol. The molecule has 0 aliphatic rings. The lowest BCUT2D eigenvalue weighted by Crippen LogP contribution is -1.77. The molecule has 0 spiro atoms. The van der Waals surface area contributed by atoms with Crippen LogP contribution in [0.15, 0.2) is 36.9 Å². The minimum Gasteiger partial charge on any atom is -0.412 e. The van der Waals surface area contributed by atoms with E-state index in [0.29, 0.717) is 0 Å². The van der Waals surface area contributed by atoms with E-state index in [1.165, 1.54) is 10.8 Å². The van der Waals surface area contributed by atoms with Gasteiger partial charge in [-0.25, -0.2) is 0 Å². The Balaban J connectivity index is 0.000000810. The highest BCUT2D eigenvalue weighted by Crippen LogP contribution is 2.05. The number of hydrogen-bond donors (Lipinski definition) is 0. The van der Waals surface area contributed by atoms with Crippen LogP contribution in [0, 0.1) is 0 Å². The lowest BCUT2D eigenvalue weighted by molar-refractivity contribution is 0.824. The molecule has 0 aliphatic heterocycles. The van der Waals surface area contributed by atoms with Crippen molar-refractivity contribution >= 4 is 15.4 Å². The molecule has 0 heterocycles. The Labute approximate surface area is 64.1 Å². The van der Waals surface area contributed by atoms with Crippen molar-refractivity contribution in [1.29, 1.82) is 0 Å². The van der Waals surface area contributed by atoms with E-state index in [2.05, 4.69) is 18.7 Å². The van der Waals surface area contributed by atoms with Crippen molar-refractivity contribution in [2.75, 3.05) is 0 Å². The second-order valence-corrected chi connectivity index (χ2v) is 3.35. The van der Waals surface area contributed by atoms with E-state index < -0.39 is 0 Å². The van der Waals surface area contributed by atoms with Crippen molar-refractivity contribution in [1.82, 2.24) is 0 Å². The Morgan fingerprint density at radius 1 is 1.20 bits per heavy atom. The van der Waals surface area contributed by atoms with Crippen LogP contribution in [0.25, 0.3) is 5.20 Å². The molecule has 2 heteroatoms. The average Bonchev–Trinajstić information content (AvgIpc) is 1.90. The highest BCUT2D eigenvalue weighted by Gasteiger charge is 1.86. The van der Waals surface area contributed by atoms with Gasteiger partial charge in [-0.3, -0.25) is 0 Å². The fraction of sp³-hybridized carbons (Fsp3) is 0. The second-order valence-electron chi connectivity index (χ2n) is 2.15. The molecule has 54 valence electrons. The van der Waals surface area contributed by atoms with Crippen molar-refractivity contribution in [3.8, 4) is 0 Å². The predicted octanol–water partition coefficient (Wildman–Crippen LogP) is 0.198. The summed E-state index contributed by atoms with van der Waals surface area (Å²) in [6.07, 6.45) is 0. The molecule has 0 unspecified atom stereocenters. The first-order valence-corrected chi connectivity index (χ1v) is 4.01. The van der Waals surface area contributed by atoms with E-state index in [0.717, 1.165) is 10.2 Å². The van der Waals surface area contributed by atoms with Crippen LogP contribution in [0.2, 0.25) is 0 Å². The van der Waals surface area contributed by atoms with Gasteiger partial charge in [-0.15, -0.1) is 6.58 Å². The Hall–Kier alpha value is -0.863. The fourth-order valence-corrected chi connectivity index (χ4v) is 1.06. The third kappa shape index (κ3) is 2.17. The van der Waals surface area contributed by atoms with Gasteiger partial charge >= 0.3 is 0 Å². The van der Waals surface area contributed by atoms with Crippen LogP contribution < -0.4 is 0 Å². The highest BCUT2D eigenvalue weighted by molar-refractivity contribution is 6.41. The Bertz CT molecular complexity index is 206. The summed E-state index contributed by atoms with van der Waals surface area (Å²) >= 11 is 0. The summed E-state index contributed by atoms with van der Waals surface area (Å²) in [5.74, 6) is 0. The summed E-state index contributed by atoms with van der Waals surface area (Å²) in [4.78, 5) is 0. The van der Waals surface area contributed by atoms with Gasteiger partial charge < -0.3 is 5.48 Å². The van der Waals surface area contributed by atoms with Crippen molar-refractivity contribution in [2.24, 2.45) is 0 Å². The van der Waals surface area contributed by atoms with Gasteiger partial charge in [0.25, 0.3) is 0 Å². The maximum Gasteiger partial charge on any atom is 0.0385 e. The van der Waals surface area contributed by atoms with Crippen LogP contribution in [0.1, 0.15) is 5.56 Å². The molecule has 0 atom stereocenters. The van der Waals surface area contributed by atoms with Crippen LogP contribution in [-0.4, -0.2) is 15.7 Å². The van der Waals surface area contributed by atoms with E-state index in [-0.39, 0.29) is 5.48 Å². The van der Waals surface area contributed by atoms with Crippen LogP contribution in [0.3, 0.4) is 0 Å². The first kappa shape index (κ1) is 9.14. The van der Waals surface area contributed by atoms with Gasteiger partial charge in [0.2, 0.25) is 0 Å². The molecule has 0 amide bonds. The molecule has 0 aromatic heterocycles. The summed E-state index contributed by atoms with van der Waals surface area (Å²) < 4.78 is 0. The summed E-state index contributed by atoms with van der Waals surface area (Å²) in [6, 6.07) is 10.3. The number of hydrogen-bond acceptors (Lipinski definition) is 0. The van der Waals surface area contributed by atoms with E-state index in [1.54, 1.807) is 0 Å². The van der Waals surface area contributed by atoms with Gasteiger partial charge in [0, 0.05) is 10.2 Å². The molecule has 0 aliphatic carbocycles. The summed E-state index contributed by atoms with van der Waals surface area (Å²) in [6.45, 7) is 3.89. The van der Waals surface area contributed by atoms with E-state index >= 15 is 0 Å². The number of rotatable bonds is 1. The molecule has 1 aromatic carbocycles. The molecule has 1 rings (SSSR count). The normalized spacial score (nSPS) is 8.40. The quantitative estimate of drug-likeness (QED) is 0.515. The third-order valence-corrected chi connectivity index (χ3v) is 1.84. The van der Waals surface area contributed by atoms with Gasteiger partial charge in [-0.2, -0.15) is 0 Å². The second kappa shape index (κ2) is 4.03. The minimum atomic E-state index is 0. The van der Waals surface area contributed by atoms with Crippen LogP contribution >= 0.6 is 0 Å². The zero-order valence-corrected chi connectivity index (χ0v) is 8.09. The van der Waals surface area contributed by atoms with Gasteiger partial charge in [0.05, 0.1) is 0 Å². The van der Waals surface area contributed by atoms with Gasteiger partial charge in [0.1, 0.15) is 0 Å². The maximum absolute atomic E-state index is 3.89. The van der Waals surface area contributed by atoms with Crippen molar-refractivity contribution in [3.05, 3.63) is 42.5 Å². The Morgan fingerprint density at radius 2 is 1.70 bits per heavy atom. The van der Waals surface area contributed by atoms with Crippen molar-refractivity contribution < 1.29 is 5.48 Å². The topological polar surface area (TPSA) is 31.5 Å². The monoisotopic (exact) mass is 152 g/mol. The van der Waals surface area contributed by atoms with Crippen molar-refractivity contribution in [3.63, 3.8) is 0 Å². The van der Waals surface area contributed by atoms with Crippen LogP contribution in [0.4, 0.5) is 0 Å². The molecule has 0 bridgehead atoms. The molecule has 0 saturated heterocycles. The smallest absolute Gasteiger partial charge is 0.0385 e. The zero-order chi connectivity index (χ0) is 6.69. The fourth-order valence-electron chi connectivity index (χ4n) is 0.723. The highest BCUT2D eigenvalue weighted by atomic mass is 28.1. The summed E-state index contributed by atoms with van der Waals surface area (Å²) in [7, 11) is 1.06. The largest absolute Gasteiger partial charge is 0.412 e. The molecule has 0 fully saturated rings. The van der Waals surface area contributed by atoms with E-state index in [4.69, 9.17) is 0 Å². The predicted molar refractivity (Wildman–Crippen MR) is 49.0 cm³/mol. The molecule has 1 aromatic rings. The molecule has 1 nitrogen and oxygen atoms in total. The first-order valence-electron chi connectivity index (χ1n) is 3.01. The minimum absolute atomic E-state index is 0. The molecule has 0 saturated carbocycles. The van der Waals surface area contributed by atoms with Gasteiger partial charge in [-0.05, 0) is 5.56 Å². The van der Waals surface area contributed by atoms with Gasteiger partial charge in [0.15, 0.2) is 0 Å². The standard InChI is InChI=1S/C8H10Si.H2O/c1-7(9)8-5-3-2-4-6-8;/h2-6H,1H2,9H3;1H2. The molecule has 2 N–H and O–H groups in total. The maximum atomic E-state index is 3.89. The van der Waals surface area contributed by atoms with Crippen LogP contribution in [-0.2, 0) is 0 Å². The lowest BCUT2D eigenvalue weighted by Gasteiger charge is -1.94. The van der Waals surface area contributed by atoms with Gasteiger partial charge in [-0.1, -0.05) is 35.5 Å². The molecule has 0 radical (unpaired) electrons. The Kier molecular flexibility index (Phi) is 3.69.